The molecule has 0 aliphatic heterocycles. The van der Waals surface area contributed by atoms with E-state index in [2.05, 4.69) is 58.0 Å². The third kappa shape index (κ3) is 3.60. The molecule has 2 rings (SSSR count). The van der Waals surface area contributed by atoms with Gasteiger partial charge in [-0.15, -0.1) is 0 Å². The maximum atomic E-state index is 5.89. The Morgan fingerprint density at radius 2 is 1.63 bits per heavy atom. The summed E-state index contributed by atoms with van der Waals surface area (Å²) < 4.78 is 5.89. The average Bonchev–Trinajstić information content (AvgIpc) is 2.37. The summed E-state index contributed by atoms with van der Waals surface area (Å²) in [6, 6.07) is 16.7. The van der Waals surface area contributed by atoms with E-state index in [0.29, 0.717) is 6.61 Å². The number of hydrogen-bond donors (Lipinski definition) is 0. The summed E-state index contributed by atoms with van der Waals surface area (Å²) >= 11 is 0. The molecule has 0 atom stereocenters. The van der Waals surface area contributed by atoms with Gasteiger partial charge < -0.3 is 4.74 Å². The largest absolute Gasteiger partial charge is 0.489 e. The van der Waals surface area contributed by atoms with Crippen LogP contribution >= 0.6 is 0 Å². The van der Waals surface area contributed by atoms with Crippen molar-refractivity contribution in [1.29, 1.82) is 0 Å². The van der Waals surface area contributed by atoms with Gasteiger partial charge in [0.1, 0.15) is 12.4 Å². The maximum Gasteiger partial charge on any atom is 0.122 e. The van der Waals surface area contributed by atoms with E-state index in [-0.39, 0.29) is 5.41 Å². The first-order chi connectivity index (χ1) is 8.97. The molecule has 0 unspecified atom stereocenters. The monoisotopic (exact) mass is 254 g/mol. The zero-order valence-electron chi connectivity index (χ0n) is 12.2. The number of rotatable bonds is 3. The molecule has 2 aromatic carbocycles. The Kier molecular flexibility index (Phi) is 3.94. The third-order valence-electron chi connectivity index (χ3n) is 3.28. The highest BCUT2D eigenvalue weighted by atomic mass is 16.5. The van der Waals surface area contributed by atoms with E-state index in [1.165, 1.54) is 16.7 Å². The van der Waals surface area contributed by atoms with Gasteiger partial charge in [0.05, 0.1) is 0 Å². The molecule has 0 heterocycles. The third-order valence-corrected chi connectivity index (χ3v) is 3.28. The van der Waals surface area contributed by atoms with Crippen molar-refractivity contribution >= 4 is 0 Å². The van der Waals surface area contributed by atoms with E-state index in [1.807, 2.05) is 18.2 Å². The second-order valence-electron chi connectivity index (χ2n) is 6.00. The lowest BCUT2D eigenvalue weighted by atomic mass is 9.86. The van der Waals surface area contributed by atoms with Gasteiger partial charge in [-0.2, -0.15) is 0 Å². The van der Waals surface area contributed by atoms with Crippen molar-refractivity contribution in [2.75, 3.05) is 0 Å². The quantitative estimate of drug-likeness (QED) is 0.759. The lowest BCUT2D eigenvalue weighted by Gasteiger charge is -2.20. The first-order valence-electron chi connectivity index (χ1n) is 6.75. The van der Waals surface area contributed by atoms with Crippen LogP contribution in [-0.4, -0.2) is 0 Å². The minimum atomic E-state index is 0.183. The summed E-state index contributed by atoms with van der Waals surface area (Å²) in [5, 5.41) is 0. The van der Waals surface area contributed by atoms with Crippen LogP contribution < -0.4 is 4.74 Å². The molecule has 0 amide bonds. The zero-order valence-corrected chi connectivity index (χ0v) is 12.2. The molecular weight excluding hydrogens is 232 g/mol. The summed E-state index contributed by atoms with van der Waals surface area (Å²) in [4.78, 5) is 0. The fourth-order valence-electron chi connectivity index (χ4n) is 2.01. The van der Waals surface area contributed by atoms with Crippen LogP contribution in [0.2, 0.25) is 0 Å². The van der Waals surface area contributed by atoms with Gasteiger partial charge in [0.15, 0.2) is 0 Å². The SMILES string of the molecule is Cc1cc(C(C)(C)C)ccc1OCc1ccccc1. The molecular formula is C18H22O. The van der Waals surface area contributed by atoms with Gasteiger partial charge in [0.2, 0.25) is 0 Å². The Morgan fingerprint density at radius 3 is 2.21 bits per heavy atom. The predicted octanol–water partition coefficient (Wildman–Crippen LogP) is 4.87. The molecule has 100 valence electrons. The first kappa shape index (κ1) is 13.7. The van der Waals surface area contributed by atoms with Crippen LogP contribution in [0.4, 0.5) is 0 Å². The van der Waals surface area contributed by atoms with Crippen LogP contribution in [0.3, 0.4) is 0 Å². The Labute approximate surface area is 116 Å². The summed E-state index contributed by atoms with van der Waals surface area (Å²) in [5.74, 6) is 0.969. The molecule has 1 heteroatoms. The fourth-order valence-corrected chi connectivity index (χ4v) is 2.01. The zero-order chi connectivity index (χ0) is 13.9. The molecule has 0 aliphatic rings. The van der Waals surface area contributed by atoms with Gasteiger partial charge in [0, 0.05) is 0 Å². The van der Waals surface area contributed by atoms with Crippen LogP contribution in [0.15, 0.2) is 48.5 Å². The number of aryl methyl sites for hydroxylation is 1. The van der Waals surface area contributed by atoms with E-state index in [9.17, 15) is 0 Å². The standard InChI is InChI=1S/C18H22O/c1-14-12-16(18(2,3)4)10-11-17(14)19-13-15-8-6-5-7-9-15/h5-12H,13H2,1-4H3. The minimum absolute atomic E-state index is 0.183. The smallest absolute Gasteiger partial charge is 0.122 e. The van der Waals surface area contributed by atoms with Gasteiger partial charge in [-0.1, -0.05) is 63.2 Å². The molecule has 0 aliphatic carbocycles. The van der Waals surface area contributed by atoms with Gasteiger partial charge in [-0.3, -0.25) is 0 Å². The lowest BCUT2D eigenvalue weighted by molar-refractivity contribution is 0.304. The molecule has 0 fully saturated rings. The highest BCUT2D eigenvalue weighted by molar-refractivity contribution is 5.38. The molecule has 0 spiro atoms. The molecule has 0 radical (unpaired) electrons. The van der Waals surface area contributed by atoms with Crippen molar-refractivity contribution in [3.63, 3.8) is 0 Å². The van der Waals surface area contributed by atoms with Crippen LogP contribution in [-0.2, 0) is 12.0 Å². The van der Waals surface area contributed by atoms with Crippen LogP contribution in [0, 0.1) is 6.92 Å². The van der Waals surface area contributed by atoms with Crippen molar-refractivity contribution in [1.82, 2.24) is 0 Å². The Morgan fingerprint density at radius 1 is 0.947 bits per heavy atom. The second kappa shape index (κ2) is 5.48. The maximum absolute atomic E-state index is 5.89. The summed E-state index contributed by atoms with van der Waals surface area (Å²) in [5.41, 5.74) is 3.92. The summed E-state index contributed by atoms with van der Waals surface area (Å²) in [6.45, 7) is 9.41. The average molecular weight is 254 g/mol. The van der Waals surface area contributed by atoms with Crippen LogP contribution in [0.25, 0.3) is 0 Å². The topological polar surface area (TPSA) is 9.23 Å². The molecule has 2 aromatic rings. The lowest BCUT2D eigenvalue weighted by Crippen LogP contribution is -2.11. The van der Waals surface area contributed by atoms with Crippen molar-refractivity contribution in [3.8, 4) is 5.75 Å². The van der Waals surface area contributed by atoms with Gasteiger partial charge in [0.25, 0.3) is 0 Å². The molecule has 0 N–H and O–H groups in total. The molecule has 0 aromatic heterocycles. The van der Waals surface area contributed by atoms with E-state index < -0.39 is 0 Å². The van der Waals surface area contributed by atoms with Gasteiger partial charge in [-0.05, 0) is 35.1 Å². The Balaban J connectivity index is 2.10. The second-order valence-corrected chi connectivity index (χ2v) is 6.00. The van der Waals surface area contributed by atoms with Gasteiger partial charge >= 0.3 is 0 Å². The Bertz CT molecular complexity index is 535. The Hall–Kier alpha value is -1.76. The van der Waals surface area contributed by atoms with Crippen LogP contribution in [0.5, 0.6) is 5.75 Å². The predicted molar refractivity (Wildman–Crippen MR) is 80.7 cm³/mol. The van der Waals surface area contributed by atoms with Crippen molar-refractivity contribution in [2.45, 2.75) is 39.7 Å². The fraction of sp³-hybridized carbons (Fsp3) is 0.333. The number of hydrogen-bond acceptors (Lipinski definition) is 1. The first-order valence-corrected chi connectivity index (χ1v) is 6.75. The summed E-state index contributed by atoms with van der Waals surface area (Å²) in [7, 11) is 0. The molecule has 0 saturated carbocycles. The normalized spacial score (nSPS) is 11.4. The highest BCUT2D eigenvalue weighted by Gasteiger charge is 2.14. The minimum Gasteiger partial charge on any atom is -0.489 e. The summed E-state index contributed by atoms with van der Waals surface area (Å²) in [6.07, 6.45) is 0. The van der Waals surface area contributed by atoms with Crippen molar-refractivity contribution < 1.29 is 4.74 Å². The molecule has 0 bridgehead atoms. The van der Waals surface area contributed by atoms with E-state index >= 15 is 0 Å². The van der Waals surface area contributed by atoms with Crippen molar-refractivity contribution in [3.05, 3.63) is 65.2 Å². The highest BCUT2D eigenvalue weighted by Crippen LogP contribution is 2.27. The molecule has 1 nitrogen and oxygen atoms in total. The van der Waals surface area contributed by atoms with Crippen LogP contribution in [0.1, 0.15) is 37.5 Å². The van der Waals surface area contributed by atoms with Gasteiger partial charge in [-0.25, -0.2) is 0 Å². The number of benzene rings is 2. The van der Waals surface area contributed by atoms with E-state index in [4.69, 9.17) is 4.74 Å². The van der Waals surface area contributed by atoms with E-state index in [0.717, 1.165) is 5.75 Å². The number of ether oxygens (including phenoxy) is 1. The molecule has 19 heavy (non-hydrogen) atoms. The van der Waals surface area contributed by atoms with Crippen molar-refractivity contribution in [2.24, 2.45) is 0 Å². The molecule has 0 saturated heterocycles. The van der Waals surface area contributed by atoms with E-state index in [1.54, 1.807) is 0 Å².